The van der Waals surface area contributed by atoms with E-state index in [0.29, 0.717) is 17.1 Å². The maximum Gasteiger partial charge on any atom is 0.251 e. The summed E-state index contributed by atoms with van der Waals surface area (Å²) < 4.78 is 12.8. The maximum absolute atomic E-state index is 12.8. The molecule has 0 unspecified atom stereocenters. The highest BCUT2D eigenvalue weighted by Crippen LogP contribution is 2.33. The number of carbonyl (C=O) groups excluding carboxylic acids is 1. The summed E-state index contributed by atoms with van der Waals surface area (Å²) in [6, 6.07) is 15.6. The molecule has 1 atom stereocenters. The maximum atomic E-state index is 12.8. The average Bonchev–Trinajstić information content (AvgIpc) is 3.36. The molecule has 28 heavy (non-hydrogen) atoms. The van der Waals surface area contributed by atoms with Gasteiger partial charge in [0.2, 0.25) is 6.79 Å². The van der Waals surface area contributed by atoms with Gasteiger partial charge in [-0.05, 0) is 43.0 Å². The molecule has 1 aliphatic heterocycles. The predicted molar refractivity (Wildman–Crippen MR) is 103 cm³/mol. The van der Waals surface area contributed by atoms with E-state index in [1.54, 1.807) is 18.2 Å². The van der Waals surface area contributed by atoms with Gasteiger partial charge in [-0.15, -0.1) is 0 Å². The normalized spacial score (nSPS) is 17.2. The quantitative estimate of drug-likeness (QED) is 0.758. The van der Waals surface area contributed by atoms with E-state index in [-0.39, 0.29) is 18.7 Å². The zero-order valence-electron chi connectivity index (χ0n) is 15.4. The van der Waals surface area contributed by atoms with Crippen molar-refractivity contribution in [3.63, 3.8) is 0 Å². The van der Waals surface area contributed by atoms with Gasteiger partial charge in [-0.1, -0.05) is 30.3 Å². The third kappa shape index (κ3) is 3.11. The Hall–Kier alpha value is -3.28. The monoisotopic (exact) mass is 375 g/mol. The molecule has 2 heterocycles. The summed E-state index contributed by atoms with van der Waals surface area (Å²) in [5.41, 5.74) is 4.13. The molecule has 6 heteroatoms. The first-order chi connectivity index (χ1) is 13.8. The van der Waals surface area contributed by atoms with E-state index in [0.717, 1.165) is 31.4 Å². The average molecular weight is 375 g/mol. The van der Waals surface area contributed by atoms with Crippen LogP contribution in [-0.4, -0.2) is 22.5 Å². The fraction of sp³-hybridized carbons (Fsp3) is 0.273. The zero-order valence-corrected chi connectivity index (χ0v) is 15.4. The number of rotatable bonds is 4. The molecular formula is C22H21N3O3. The van der Waals surface area contributed by atoms with Gasteiger partial charge in [0.1, 0.15) is 0 Å². The van der Waals surface area contributed by atoms with Gasteiger partial charge in [0.15, 0.2) is 11.5 Å². The molecular weight excluding hydrogens is 354 g/mol. The molecule has 6 nitrogen and oxygen atoms in total. The second-order valence-electron chi connectivity index (χ2n) is 7.18. The van der Waals surface area contributed by atoms with E-state index in [1.807, 2.05) is 24.4 Å². The molecule has 5 rings (SSSR count). The highest BCUT2D eigenvalue weighted by Gasteiger charge is 2.26. The van der Waals surface area contributed by atoms with E-state index in [9.17, 15) is 4.79 Å². The number of ether oxygens (including phenoxy) is 2. The van der Waals surface area contributed by atoms with Gasteiger partial charge < -0.3 is 14.8 Å². The van der Waals surface area contributed by atoms with Gasteiger partial charge in [-0.25, -0.2) is 0 Å². The lowest BCUT2D eigenvalue weighted by Crippen LogP contribution is -2.31. The van der Waals surface area contributed by atoms with E-state index in [2.05, 4.69) is 27.2 Å². The number of hydrogen-bond acceptors (Lipinski definition) is 4. The first-order valence-electron chi connectivity index (χ1n) is 9.57. The third-order valence-corrected chi connectivity index (χ3v) is 5.38. The Morgan fingerprint density at radius 2 is 2.00 bits per heavy atom. The van der Waals surface area contributed by atoms with Crippen LogP contribution < -0.4 is 14.8 Å². The van der Waals surface area contributed by atoms with Crippen molar-refractivity contribution in [2.45, 2.75) is 31.8 Å². The minimum absolute atomic E-state index is 0.0220. The van der Waals surface area contributed by atoms with Gasteiger partial charge in [0.05, 0.1) is 18.8 Å². The Labute approximate surface area is 163 Å². The Morgan fingerprint density at radius 1 is 1.14 bits per heavy atom. The summed E-state index contributed by atoms with van der Waals surface area (Å²) >= 11 is 0. The van der Waals surface area contributed by atoms with Crippen LogP contribution in [0.3, 0.4) is 0 Å². The van der Waals surface area contributed by atoms with Gasteiger partial charge in [-0.2, -0.15) is 5.10 Å². The molecule has 0 fully saturated rings. The number of benzene rings is 2. The highest BCUT2D eigenvalue weighted by atomic mass is 16.7. The number of fused-ring (bicyclic) bond motifs is 2. The lowest BCUT2D eigenvalue weighted by Gasteiger charge is -2.24. The van der Waals surface area contributed by atoms with E-state index in [4.69, 9.17) is 9.47 Å². The molecule has 0 bridgehead atoms. The largest absolute Gasteiger partial charge is 0.454 e. The summed E-state index contributed by atoms with van der Waals surface area (Å²) in [6.07, 6.45) is 4.83. The topological polar surface area (TPSA) is 65.4 Å². The van der Waals surface area contributed by atoms with Crippen LogP contribution in [-0.2, 0) is 13.0 Å². The Kier molecular flexibility index (Phi) is 4.24. The van der Waals surface area contributed by atoms with Crippen molar-refractivity contribution in [2.24, 2.45) is 0 Å². The number of carbonyl (C=O) groups is 1. The first kappa shape index (κ1) is 16.9. The predicted octanol–water partition coefficient (Wildman–Crippen LogP) is 3.47. The van der Waals surface area contributed by atoms with Gasteiger partial charge in [-0.3, -0.25) is 9.48 Å². The van der Waals surface area contributed by atoms with Crippen molar-refractivity contribution in [2.75, 3.05) is 6.79 Å². The van der Waals surface area contributed by atoms with Gasteiger partial charge >= 0.3 is 0 Å². The molecule has 3 aromatic rings. The van der Waals surface area contributed by atoms with Gasteiger partial charge in [0.25, 0.3) is 5.91 Å². The number of amides is 1. The molecule has 0 saturated carbocycles. The zero-order chi connectivity index (χ0) is 18.9. The van der Waals surface area contributed by atoms with Crippen molar-refractivity contribution >= 4 is 5.91 Å². The van der Waals surface area contributed by atoms with Crippen LogP contribution in [0.25, 0.3) is 0 Å². The summed E-state index contributed by atoms with van der Waals surface area (Å²) in [5, 5.41) is 7.77. The second-order valence-corrected chi connectivity index (χ2v) is 7.18. The fourth-order valence-corrected chi connectivity index (χ4v) is 3.94. The van der Waals surface area contributed by atoms with Crippen LogP contribution >= 0.6 is 0 Å². The number of nitrogens with one attached hydrogen (secondary N) is 1. The summed E-state index contributed by atoms with van der Waals surface area (Å²) in [7, 11) is 0. The first-order valence-corrected chi connectivity index (χ1v) is 9.57. The fourth-order valence-electron chi connectivity index (χ4n) is 3.94. The molecule has 2 aliphatic rings. The van der Waals surface area contributed by atoms with Crippen LogP contribution in [0.5, 0.6) is 11.5 Å². The van der Waals surface area contributed by atoms with Crippen LogP contribution in [0.2, 0.25) is 0 Å². The van der Waals surface area contributed by atoms with Crippen LogP contribution in [0, 0.1) is 0 Å². The molecule has 0 saturated heterocycles. The Bertz CT molecular complexity index is 1010. The Morgan fingerprint density at radius 3 is 2.89 bits per heavy atom. The molecule has 2 aromatic carbocycles. The van der Waals surface area contributed by atoms with Crippen molar-refractivity contribution in [1.82, 2.24) is 15.1 Å². The Balaban J connectivity index is 1.34. The number of aromatic nitrogens is 2. The van der Waals surface area contributed by atoms with E-state index in [1.165, 1.54) is 11.3 Å². The molecule has 1 aromatic heterocycles. The highest BCUT2D eigenvalue weighted by molar-refractivity contribution is 5.95. The molecule has 1 aliphatic carbocycles. The molecule has 0 radical (unpaired) electrons. The second kappa shape index (κ2) is 7.03. The van der Waals surface area contributed by atoms with Crippen LogP contribution in [0.1, 0.15) is 46.1 Å². The minimum atomic E-state index is -0.105. The summed E-state index contributed by atoms with van der Waals surface area (Å²) in [4.78, 5) is 12.8. The lowest BCUT2D eigenvalue weighted by atomic mass is 9.92. The van der Waals surface area contributed by atoms with Crippen LogP contribution in [0.4, 0.5) is 0 Å². The molecule has 1 amide bonds. The van der Waals surface area contributed by atoms with Crippen LogP contribution in [0.15, 0.2) is 54.7 Å². The minimum Gasteiger partial charge on any atom is -0.454 e. The molecule has 142 valence electrons. The van der Waals surface area contributed by atoms with E-state index < -0.39 is 0 Å². The smallest absolute Gasteiger partial charge is 0.251 e. The van der Waals surface area contributed by atoms with E-state index >= 15 is 0 Å². The molecule has 0 spiro atoms. The number of nitrogens with zero attached hydrogens (tertiary/aromatic N) is 2. The van der Waals surface area contributed by atoms with Crippen molar-refractivity contribution in [3.05, 3.63) is 77.1 Å². The van der Waals surface area contributed by atoms with Crippen molar-refractivity contribution in [3.8, 4) is 11.5 Å². The summed E-state index contributed by atoms with van der Waals surface area (Å²) in [6.45, 7) is 0.950. The van der Waals surface area contributed by atoms with Crippen molar-refractivity contribution < 1.29 is 14.3 Å². The van der Waals surface area contributed by atoms with Crippen molar-refractivity contribution in [1.29, 1.82) is 0 Å². The SMILES string of the molecule is O=C(N[C@H]1CCCc2c1cnn2Cc1ccccc1)c1ccc2c(c1)OCO2. The number of hydrogen-bond donors (Lipinski definition) is 1. The third-order valence-electron chi connectivity index (χ3n) is 5.38. The molecule has 1 N–H and O–H groups in total. The van der Waals surface area contributed by atoms with Gasteiger partial charge in [0, 0.05) is 16.8 Å². The lowest BCUT2D eigenvalue weighted by molar-refractivity contribution is 0.0932. The standard InChI is InChI=1S/C22H21N3O3/c26-22(16-9-10-20-21(11-16)28-14-27-20)24-18-7-4-8-19-17(18)12-23-25(19)13-15-5-2-1-3-6-15/h1-3,5-6,9-12,18H,4,7-8,13-14H2,(H,24,26)/t18-/m0/s1. The summed E-state index contributed by atoms with van der Waals surface area (Å²) in [5.74, 6) is 1.19.